The highest BCUT2D eigenvalue weighted by Crippen LogP contribution is 2.44. The van der Waals surface area contributed by atoms with Crippen LogP contribution in [-0.4, -0.2) is 10.9 Å². The minimum Gasteiger partial charge on any atom is -0.289 e. The van der Waals surface area contributed by atoms with Crippen LogP contribution in [0.4, 0.5) is 0 Å². The first-order valence-electron chi connectivity index (χ1n) is 7.14. The summed E-state index contributed by atoms with van der Waals surface area (Å²) in [6.45, 7) is 3.49. The molecule has 0 spiro atoms. The Labute approximate surface area is 108 Å². The average Bonchev–Trinajstić information content (AvgIpc) is 3.18. The van der Waals surface area contributed by atoms with E-state index in [2.05, 4.69) is 48.2 Å². The largest absolute Gasteiger partial charge is 0.289 e. The lowest BCUT2D eigenvalue weighted by atomic mass is 9.98. The zero-order chi connectivity index (χ0) is 12.1. The maximum Gasteiger partial charge on any atom is 0.0355 e. The van der Waals surface area contributed by atoms with Crippen LogP contribution in [0.3, 0.4) is 0 Å². The third-order valence-electron chi connectivity index (χ3n) is 4.52. The highest BCUT2D eigenvalue weighted by molar-refractivity contribution is 5.84. The Kier molecular flexibility index (Phi) is 2.25. The molecule has 1 heterocycles. The van der Waals surface area contributed by atoms with Crippen LogP contribution in [0.25, 0.3) is 10.8 Å². The van der Waals surface area contributed by atoms with E-state index in [1.165, 1.54) is 36.6 Å². The van der Waals surface area contributed by atoms with Crippen molar-refractivity contribution >= 4 is 10.8 Å². The van der Waals surface area contributed by atoms with Gasteiger partial charge >= 0.3 is 0 Å². The molecule has 1 aliphatic carbocycles. The van der Waals surface area contributed by atoms with Crippen molar-refractivity contribution in [3.8, 4) is 0 Å². The second-order valence-corrected chi connectivity index (χ2v) is 5.73. The van der Waals surface area contributed by atoms with E-state index >= 15 is 0 Å². The normalized spacial score (nSPS) is 23.5. The summed E-state index contributed by atoms with van der Waals surface area (Å²) in [5.41, 5.74) is 3.15. The molecule has 1 nitrogen and oxygen atoms in total. The fourth-order valence-corrected chi connectivity index (χ4v) is 3.48. The fraction of sp³-hybridized carbons (Fsp3) is 0.412. The minimum absolute atomic E-state index is 0.664. The number of hydrogen-bond acceptors (Lipinski definition) is 1. The van der Waals surface area contributed by atoms with Crippen LogP contribution in [-0.2, 0) is 6.54 Å². The predicted molar refractivity (Wildman–Crippen MR) is 75.5 cm³/mol. The Morgan fingerprint density at radius 1 is 1.11 bits per heavy atom. The first kappa shape index (κ1) is 10.6. The molecule has 0 radical (unpaired) electrons. The summed E-state index contributed by atoms with van der Waals surface area (Å²) in [5.74, 6) is 0. The molecular formula is C17H19N. The van der Waals surface area contributed by atoms with Gasteiger partial charge in [0.15, 0.2) is 0 Å². The lowest BCUT2D eigenvalue weighted by molar-refractivity contribution is 0.200. The molecule has 0 saturated heterocycles. The predicted octanol–water partition coefficient (Wildman–Crippen LogP) is 4.27. The van der Waals surface area contributed by atoms with Crippen LogP contribution in [0.2, 0.25) is 0 Å². The van der Waals surface area contributed by atoms with Crippen molar-refractivity contribution in [2.24, 2.45) is 0 Å². The Hall–Kier alpha value is -1.34. The molecule has 0 amide bonds. The first-order valence-corrected chi connectivity index (χ1v) is 7.14. The maximum absolute atomic E-state index is 2.73. The lowest BCUT2D eigenvalue weighted by Gasteiger charge is -2.23. The van der Waals surface area contributed by atoms with E-state index in [0.717, 1.165) is 6.04 Å². The van der Waals surface area contributed by atoms with Gasteiger partial charge in [0.05, 0.1) is 0 Å². The number of rotatable bonds is 2. The summed E-state index contributed by atoms with van der Waals surface area (Å²) < 4.78 is 0. The molecule has 1 atom stereocenters. The van der Waals surface area contributed by atoms with E-state index in [0.29, 0.717) is 6.04 Å². The SMILES string of the molecule is CCC1c2cc3ccccc3cc2CN1C1CC1. The third-order valence-corrected chi connectivity index (χ3v) is 4.52. The number of hydrogen-bond donors (Lipinski definition) is 0. The molecule has 2 aliphatic rings. The monoisotopic (exact) mass is 237 g/mol. The first-order chi connectivity index (χ1) is 8.86. The molecule has 1 unspecified atom stereocenters. The van der Waals surface area contributed by atoms with Gasteiger partial charge in [0.2, 0.25) is 0 Å². The van der Waals surface area contributed by atoms with Crippen LogP contribution in [0.5, 0.6) is 0 Å². The Bertz CT molecular complexity index is 598. The smallest absolute Gasteiger partial charge is 0.0355 e. The summed E-state index contributed by atoms with van der Waals surface area (Å²) in [6.07, 6.45) is 4.05. The molecule has 0 aromatic heterocycles. The molecule has 2 aromatic carbocycles. The van der Waals surface area contributed by atoms with Crippen molar-refractivity contribution in [2.45, 2.75) is 44.8 Å². The quantitative estimate of drug-likeness (QED) is 0.754. The molecule has 1 fully saturated rings. The van der Waals surface area contributed by atoms with Gasteiger partial charge in [-0.3, -0.25) is 4.90 Å². The van der Waals surface area contributed by atoms with Crippen LogP contribution >= 0.6 is 0 Å². The molecule has 0 N–H and O–H groups in total. The van der Waals surface area contributed by atoms with Gasteiger partial charge in [-0.05, 0) is 53.3 Å². The number of benzene rings is 2. The van der Waals surface area contributed by atoms with Crippen molar-refractivity contribution in [1.29, 1.82) is 0 Å². The van der Waals surface area contributed by atoms with Gasteiger partial charge in [0.25, 0.3) is 0 Å². The molecular weight excluding hydrogens is 218 g/mol. The second-order valence-electron chi connectivity index (χ2n) is 5.73. The Morgan fingerprint density at radius 2 is 1.83 bits per heavy atom. The van der Waals surface area contributed by atoms with Crippen LogP contribution in [0, 0.1) is 0 Å². The van der Waals surface area contributed by atoms with E-state index < -0.39 is 0 Å². The van der Waals surface area contributed by atoms with Gasteiger partial charge in [0.1, 0.15) is 0 Å². The number of nitrogens with zero attached hydrogens (tertiary/aromatic N) is 1. The summed E-state index contributed by atoms with van der Waals surface area (Å²) in [7, 11) is 0. The summed E-state index contributed by atoms with van der Waals surface area (Å²) in [4.78, 5) is 2.73. The standard InChI is InChI=1S/C17H19N/c1-2-17-16-10-13-6-4-3-5-12(13)9-14(16)11-18(17)15-7-8-15/h3-6,9-10,15,17H,2,7-8,11H2,1H3. The second kappa shape index (κ2) is 3.83. The van der Waals surface area contributed by atoms with E-state index in [1.807, 2.05) is 0 Å². The molecule has 2 aromatic rings. The van der Waals surface area contributed by atoms with E-state index in [9.17, 15) is 0 Å². The highest BCUT2D eigenvalue weighted by Gasteiger charge is 2.38. The molecule has 1 heteroatoms. The van der Waals surface area contributed by atoms with E-state index in [1.54, 1.807) is 11.1 Å². The molecule has 1 aliphatic heterocycles. The van der Waals surface area contributed by atoms with Gasteiger partial charge in [-0.25, -0.2) is 0 Å². The minimum atomic E-state index is 0.664. The Balaban J connectivity index is 1.85. The average molecular weight is 237 g/mol. The van der Waals surface area contributed by atoms with Crippen molar-refractivity contribution in [3.05, 3.63) is 47.5 Å². The van der Waals surface area contributed by atoms with Gasteiger partial charge in [-0.1, -0.05) is 31.2 Å². The van der Waals surface area contributed by atoms with Crippen molar-refractivity contribution in [2.75, 3.05) is 0 Å². The van der Waals surface area contributed by atoms with Gasteiger partial charge in [0, 0.05) is 18.6 Å². The van der Waals surface area contributed by atoms with Gasteiger partial charge in [-0.2, -0.15) is 0 Å². The lowest BCUT2D eigenvalue weighted by Crippen LogP contribution is -2.23. The zero-order valence-corrected chi connectivity index (χ0v) is 10.9. The van der Waals surface area contributed by atoms with Crippen molar-refractivity contribution in [1.82, 2.24) is 4.90 Å². The molecule has 92 valence electrons. The van der Waals surface area contributed by atoms with Crippen molar-refractivity contribution in [3.63, 3.8) is 0 Å². The molecule has 0 bridgehead atoms. The third kappa shape index (κ3) is 1.50. The van der Waals surface area contributed by atoms with E-state index in [4.69, 9.17) is 0 Å². The molecule has 18 heavy (non-hydrogen) atoms. The molecule has 1 saturated carbocycles. The highest BCUT2D eigenvalue weighted by atomic mass is 15.2. The van der Waals surface area contributed by atoms with Crippen LogP contribution in [0.15, 0.2) is 36.4 Å². The van der Waals surface area contributed by atoms with Crippen LogP contribution < -0.4 is 0 Å². The Morgan fingerprint density at radius 3 is 2.50 bits per heavy atom. The number of fused-ring (bicyclic) bond motifs is 2. The zero-order valence-electron chi connectivity index (χ0n) is 10.9. The summed E-state index contributed by atoms with van der Waals surface area (Å²) in [6, 6.07) is 15.1. The fourth-order valence-electron chi connectivity index (χ4n) is 3.48. The molecule has 4 rings (SSSR count). The summed E-state index contributed by atoms with van der Waals surface area (Å²) in [5, 5.41) is 2.79. The van der Waals surface area contributed by atoms with Crippen molar-refractivity contribution < 1.29 is 0 Å². The summed E-state index contributed by atoms with van der Waals surface area (Å²) >= 11 is 0. The topological polar surface area (TPSA) is 3.24 Å². The van der Waals surface area contributed by atoms with Crippen LogP contribution in [0.1, 0.15) is 43.4 Å². The van der Waals surface area contributed by atoms with Gasteiger partial charge in [-0.15, -0.1) is 0 Å². The van der Waals surface area contributed by atoms with E-state index in [-0.39, 0.29) is 0 Å². The maximum atomic E-state index is 2.73. The van der Waals surface area contributed by atoms with Gasteiger partial charge < -0.3 is 0 Å².